The van der Waals surface area contributed by atoms with E-state index in [0.717, 1.165) is 12.3 Å². The van der Waals surface area contributed by atoms with E-state index < -0.39 is 8.07 Å². The van der Waals surface area contributed by atoms with Crippen LogP contribution in [0.2, 0.25) is 25.7 Å². The van der Waals surface area contributed by atoms with E-state index in [1.165, 1.54) is 5.06 Å². The molecule has 0 aromatic rings. The van der Waals surface area contributed by atoms with E-state index in [2.05, 4.69) is 19.6 Å². The lowest BCUT2D eigenvalue weighted by atomic mass is 10.3. The van der Waals surface area contributed by atoms with Gasteiger partial charge in [0.05, 0.1) is 6.61 Å². The van der Waals surface area contributed by atoms with Crippen LogP contribution in [0, 0.1) is 0 Å². The number of rotatable bonds is 9. The Hall–Kier alpha value is -0.683. The zero-order valence-corrected chi connectivity index (χ0v) is 10.9. The third kappa shape index (κ3) is 9.62. The standard InChI is InChI=1S/C10H21NO3Si/c1-15(2,3)9-8-14-11(10-13)6-4-5-7-12/h7,10H,4-6,8-9H2,1-3H3. The summed E-state index contributed by atoms with van der Waals surface area (Å²) in [6, 6.07) is 1.03. The molecule has 0 aliphatic rings. The average molecular weight is 231 g/mol. The topological polar surface area (TPSA) is 46.6 Å². The minimum Gasteiger partial charge on any atom is -0.303 e. The Morgan fingerprint density at radius 1 is 1.27 bits per heavy atom. The number of amides is 1. The van der Waals surface area contributed by atoms with E-state index in [1.54, 1.807) is 0 Å². The molecule has 0 heterocycles. The third-order valence-electron chi connectivity index (χ3n) is 1.93. The van der Waals surface area contributed by atoms with E-state index in [0.29, 0.717) is 32.4 Å². The molecule has 0 radical (unpaired) electrons. The molecule has 0 aliphatic carbocycles. The Bertz CT molecular complexity index is 192. The number of hydrogen-bond donors (Lipinski definition) is 0. The van der Waals surface area contributed by atoms with Crippen molar-refractivity contribution in [3.05, 3.63) is 0 Å². The number of aldehydes is 1. The van der Waals surface area contributed by atoms with E-state index in [-0.39, 0.29) is 0 Å². The zero-order valence-electron chi connectivity index (χ0n) is 9.86. The minimum absolute atomic E-state index is 0.474. The molecule has 5 heteroatoms. The second-order valence-electron chi connectivity index (χ2n) is 4.70. The first-order valence-corrected chi connectivity index (χ1v) is 8.99. The summed E-state index contributed by atoms with van der Waals surface area (Å²) in [6.45, 7) is 7.86. The van der Waals surface area contributed by atoms with Gasteiger partial charge in [-0.3, -0.25) is 9.63 Å². The van der Waals surface area contributed by atoms with Crippen LogP contribution in [0.1, 0.15) is 12.8 Å². The van der Waals surface area contributed by atoms with Gasteiger partial charge < -0.3 is 4.79 Å². The molecule has 0 rings (SSSR count). The predicted molar refractivity (Wildman–Crippen MR) is 62.2 cm³/mol. The summed E-state index contributed by atoms with van der Waals surface area (Å²) in [6.07, 6.45) is 2.66. The highest BCUT2D eigenvalue weighted by Gasteiger charge is 2.13. The van der Waals surface area contributed by atoms with E-state index in [4.69, 9.17) is 4.84 Å². The predicted octanol–water partition coefficient (Wildman–Crippen LogP) is 1.69. The molecule has 0 saturated heterocycles. The van der Waals surface area contributed by atoms with E-state index in [9.17, 15) is 9.59 Å². The average Bonchev–Trinajstić information content (AvgIpc) is 2.14. The van der Waals surface area contributed by atoms with Gasteiger partial charge in [-0.1, -0.05) is 19.6 Å². The van der Waals surface area contributed by atoms with Gasteiger partial charge in [0.1, 0.15) is 6.29 Å². The summed E-state index contributed by atoms with van der Waals surface area (Å²) >= 11 is 0. The molecular formula is C10H21NO3Si. The number of hydroxylamine groups is 2. The molecule has 15 heavy (non-hydrogen) atoms. The van der Waals surface area contributed by atoms with Gasteiger partial charge in [-0.15, -0.1) is 0 Å². The van der Waals surface area contributed by atoms with Crippen LogP contribution in [0.25, 0.3) is 0 Å². The monoisotopic (exact) mass is 231 g/mol. The number of hydrogen-bond acceptors (Lipinski definition) is 3. The van der Waals surface area contributed by atoms with Crippen LogP contribution in [-0.4, -0.2) is 39.0 Å². The maximum absolute atomic E-state index is 10.6. The van der Waals surface area contributed by atoms with E-state index in [1.807, 2.05) is 0 Å². The van der Waals surface area contributed by atoms with Crippen molar-refractivity contribution in [3.8, 4) is 0 Å². The molecule has 0 aromatic carbocycles. The molecule has 88 valence electrons. The maximum Gasteiger partial charge on any atom is 0.233 e. The first-order valence-electron chi connectivity index (χ1n) is 5.28. The molecule has 0 aliphatic heterocycles. The lowest BCUT2D eigenvalue weighted by Crippen LogP contribution is -2.28. The van der Waals surface area contributed by atoms with Gasteiger partial charge in [-0.05, 0) is 12.5 Å². The van der Waals surface area contributed by atoms with Crippen LogP contribution in [0.15, 0.2) is 0 Å². The van der Waals surface area contributed by atoms with Crippen LogP contribution >= 0.6 is 0 Å². The Morgan fingerprint density at radius 3 is 2.40 bits per heavy atom. The van der Waals surface area contributed by atoms with Crippen molar-refractivity contribution in [1.29, 1.82) is 0 Å². The van der Waals surface area contributed by atoms with Crippen molar-refractivity contribution in [2.24, 2.45) is 0 Å². The molecule has 1 amide bonds. The van der Waals surface area contributed by atoms with Gasteiger partial charge in [-0.25, -0.2) is 5.06 Å². The summed E-state index contributed by atoms with van der Waals surface area (Å²) in [5, 5.41) is 1.28. The van der Waals surface area contributed by atoms with Gasteiger partial charge >= 0.3 is 0 Å². The summed E-state index contributed by atoms with van der Waals surface area (Å²) in [4.78, 5) is 26.0. The fourth-order valence-corrected chi connectivity index (χ4v) is 1.65. The Morgan fingerprint density at radius 2 is 1.93 bits per heavy atom. The Balaban J connectivity index is 3.61. The molecule has 0 aromatic heterocycles. The molecule has 0 fully saturated rings. The van der Waals surface area contributed by atoms with Crippen molar-refractivity contribution >= 4 is 20.8 Å². The largest absolute Gasteiger partial charge is 0.303 e. The highest BCUT2D eigenvalue weighted by atomic mass is 28.3. The highest BCUT2D eigenvalue weighted by Crippen LogP contribution is 2.08. The van der Waals surface area contributed by atoms with Gasteiger partial charge in [-0.2, -0.15) is 0 Å². The fourth-order valence-electron chi connectivity index (χ4n) is 0.947. The van der Waals surface area contributed by atoms with Crippen LogP contribution in [0.4, 0.5) is 0 Å². The molecular weight excluding hydrogens is 210 g/mol. The number of nitrogens with zero attached hydrogens (tertiary/aromatic N) is 1. The van der Waals surface area contributed by atoms with Crippen molar-refractivity contribution in [2.75, 3.05) is 13.2 Å². The summed E-state index contributed by atoms with van der Waals surface area (Å²) < 4.78 is 0. The number of carbonyl (C=O) groups is 2. The van der Waals surface area contributed by atoms with Crippen molar-refractivity contribution in [3.63, 3.8) is 0 Å². The summed E-state index contributed by atoms with van der Waals surface area (Å²) in [5.74, 6) is 0. The van der Waals surface area contributed by atoms with E-state index >= 15 is 0 Å². The van der Waals surface area contributed by atoms with Crippen molar-refractivity contribution < 1.29 is 14.4 Å². The highest BCUT2D eigenvalue weighted by molar-refractivity contribution is 6.76. The quantitative estimate of drug-likeness (QED) is 0.262. The second-order valence-corrected chi connectivity index (χ2v) is 10.3. The van der Waals surface area contributed by atoms with Gasteiger partial charge in [0, 0.05) is 21.0 Å². The minimum atomic E-state index is -1.10. The van der Waals surface area contributed by atoms with Gasteiger partial charge in [0.2, 0.25) is 6.41 Å². The fraction of sp³-hybridized carbons (Fsp3) is 0.800. The normalized spacial score (nSPS) is 11.1. The van der Waals surface area contributed by atoms with Crippen molar-refractivity contribution in [1.82, 2.24) is 5.06 Å². The summed E-state index contributed by atoms with van der Waals surface area (Å²) in [7, 11) is -1.10. The Kier molecular flexibility index (Phi) is 7.24. The molecule has 0 bridgehead atoms. The number of unbranched alkanes of at least 4 members (excludes halogenated alkanes) is 1. The molecule has 0 spiro atoms. The molecule has 0 N–H and O–H groups in total. The number of carbonyl (C=O) groups excluding carboxylic acids is 2. The molecule has 0 atom stereocenters. The van der Waals surface area contributed by atoms with Crippen molar-refractivity contribution in [2.45, 2.75) is 38.5 Å². The molecule has 0 saturated carbocycles. The zero-order chi connectivity index (χ0) is 11.7. The first kappa shape index (κ1) is 14.3. The van der Waals surface area contributed by atoms with Crippen LogP contribution in [-0.2, 0) is 14.4 Å². The molecule has 0 unspecified atom stereocenters. The smallest absolute Gasteiger partial charge is 0.233 e. The molecule has 4 nitrogen and oxygen atoms in total. The Labute approximate surface area is 92.6 Å². The first-order chi connectivity index (χ1) is 6.99. The maximum atomic E-state index is 10.6. The van der Waals surface area contributed by atoms with Crippen LogP contribution in [0.3, 0.4) is 0 Å². The lowest BCUT2D eigenvalue weighted by Gasteiger charge is -2.20. The lowest BCUT2D eigenvalue weighted by molar-refractivity contribution is -0.170. The van der Waals surface area contributed by atoms with Gasteiger partial charge in [0.25, 0.3) is 0 Å². The van der Waals surface area contributed by atoms with Crippen LogP contribution < -0.4 is 0 Å². The second kappa shape index (κ2) is 7.59. The SMILES string of the molecule is C[Si](C)(C)CCON(C=O)CCCC=O. The van der Waals surface area contributed by atoms with Crippen LogP contribution in [0.5, 0.6) is 0 Å². The third-order valence-corrected chi connectivity index (χ3v) is 3.63. The summed E-state index contributed by atoms with van der Waals surface area (Å²) in [5.41, 5.74) is 0. The van der Waals surface area contributed by atoms with Gasteiger partial charge in [0.15, 0.2) is 0 Å².